The number of nitro benzene ring substituents is 1. The summed E-state index contributed by atoms with van der Waals surface area (Å²) >= 11 is 0. The van der Waals surface area contributed by atoms with E-state index in [4.69, 9.17) is 4.74 Å². The van der Waals surface area contributed by atoms with E-state index in [1.165, 1.54) is 19.2 Å². The van der Waals surface area contributed by atoms with Crippen LogP contribution in [-0.4, -0.2) is 26.9 Å². The van der Waals surface area contributed by atoms with Gasteiger partial charge in [-0.1, -0.05) is 0 Å². The van der Waals surface area contributed by atoms with Gasteiger partial charge in [0.15, 0.2) is 11.4 Å². The van der Waals surface area contributed by atoms with E-state index in [1.54, 1.807) is 12.1 Å². The monoisotopic (exact) mass is 424 g/mol. The Bertz CT molecular complexity index is 1210. The number of pyridine rings is 1. The Morgan fingerprint density at radius 3 is 2.26 bits per heavy atom. The lowest BCUT2D eigenvalue weighted by Gasteiger charge is -2.25. The molecule has 1 aromatic carbocycles. The second kappa shape index (κ2) is 7.64. The van der Waals surface area contributed by atoms with E-state index in [2.05, 4.69) is 4.98 Å². The van der Waals surface area contributed by atoms with Gasteiger partial charge in [-0.15, -0.1) is 0 Å². The second-order valence-electron chi connectivity index (χ2n) is 6.59. The first kappa shape index (κ1) is 21.1. The average molecular weight is 424 g/mol. The van der Waals surface area contributed by atoms with Crippen molar-refractivity contribution in [3.05, 3.63) is 70.9 Å². The number of ether oxygens (including phenoxy) is 1. The first-order chi connectivity index (χ1) is 14.7. The fourth-order valence-corrected chi connectivity index (χ4v) is 3.67. The van der Waals surface area contributed by atoms with Crippen LogP contribution in [0.5, 0.6) is 5.75 Å². The molecule has 0 atom stereocenters. The van der Waals surface area contributed by atoms with Crippen molar-refractivity contribution in [1.82, 2.24) is 4.98 Å². The second-order valence-corrected chi connectivity index (χ2v) is 6.59. The standard InChI is InChI=1S/C18H12N6O7/c1-31-15-5-4-10(7-14(15)22(25)26)16-13(9-20)12(8-19)11-3-2-6-18(23(27)28,24(29)30)17(11)21-16/h4-5,7H,2-3,6H2,1H3. The zero-order valence-electron chi connectivity index (χ0n) is 15.9. The molecule has 13 nitrogen and oxygen atoms in total. The fourth-order valence-electron chi connectivity index (χ4n) is 3.67. The number of hydrogen-bond donors (Lipinski definition) is 0. The third-order valence-corrected chi connectivity index (χ3v) is 5.11. The highest BCUT2D eigenvalue weighted by Crippen LogP contribution is 2.42. The van der Waals surface area contributed by atoms with E-state index in [1.807, 2.05) is 0 Å². The van der Waals surface area contributed by atoms with E-state index in [-0.39, 0.29) is 46.5 Å². The van der Waals surface area contributed by atoms with E-state index >= 15 is 0 Å². The van der Waals surface area contributed by atoms with Crippen LogP contribution in [0.25, 0.3) is 11.3 Å². The van der Waals surface area contributed by atoms with Crippen molar-refractivity contribution in [2.45, 2.75) is 24.9 Å². The van der Waals surface area contributed by atoms with Crippen molar-refractivity contribution < 1.29 is 19.5 Å². The summed E-state index contributed by atoms with van der Waals surface area (Å²) in [5, 5.41) is 54.2. The molecule has 0 N–H and O–H groups in total. The predicted molar refractivity (Wildman–Crippen MR) is 101 cm³/mol. The Kier molecular flexibility index (Phi) is 5.19. The SMILES string of the molecule is COc1ccc(-c2nc3c(c(C#N)c2C#N)CCCC3([N+](=O)[O-])[N+](=O)[O-])cc1[N+](=O)[O-]. The number of methoxy groups -OCH3 is 1. The van der Waals surface area contributed by atoms with Gasteiger partial charge in [0.25, 0.3) is 0 Å². The summed E-state index contributed by atoms with van der Waals surface area (Å²) in [7, 11) is 1.22. The number of nitrogens with zero attached hydrogens (tertiary/aromatic N) is 6. The van der Waals surface area contributed by atoms with Gasteiger partial charge in [-0.25, -0.2) is 4.98 Å². The highest BCUT2D eigenvalue weighted by Gasteiger charge is 2.62. The molecule has 156 valence electrons. The maximum Gasteiger partial charge on any atom is 0.500 e. The summed E-state index contributed by atoms with van der Waals surface area (Å²) < 4.78 is 4.93. The van der Waals surface area contributed by atoms with Gasteiger partial charge in [0.05, 0.1) is 35.3 Å². The van der Waals surface area contributed by atoms with Crippen LogP contribution in [0.3, 0.4) is 0 Å². The van der Waals surface area contributed by atoms with Crippen LogP contribution in [0.1, 0.15) is 35.2 Å². The molecule has 1 aromatic heterocycles. The van der Waals surface area contributed by atoms with Gasteiger partial charge in [0, 0.05) is 17.2 Å². The number of hydrogen-bond acceptors (Lipinski definition) is 10. The number of benzene rings is 1. The highest BCUT2D eigenvalue weighted by atomic mass is 16.7. The summed E-state index contributed by atoms with van der Waals surface area (Å²) in [5.74, 6) is -0.0874. The molecule has 0 bridgehead atoms. The number of fused-ring (bicyclic) bond motifs is 1. The molecule has 0 fully saturated rings. The highest BCUT2D eigenvalue weighted by molar-refractivity contribution is 5.75. The molecule has 1 aliphatic rings. The Morgan fingerprint density at radius 1 is 1.10 bits per heavy atom. The molecule has 0 saturated heterocycles. The van der Waals surface area contributed by atoms with Crippen LogP contribution in [-0.2, 0) is 12.1 Å². The Hall–Kier alpha value is -4.65. The van der Waals surface area contributed by atoms with Gasteiger partial charge >= 0.3 is 11.4 Å². The molecule has 13 heteroatoms. The summed E-state index contributed by atoms with van der Waals surface area (Å²) in [6, 6.07) is 7.16. The van der Waals surface area contributed by atoms with Crippen molar-refractivity contribution in [1.29, 1.82) is 10.5 Å². The zero-order chi connectivity index (χ0) is 22.9. The number of nitro groups is 3. The van der Waals surface area contributed by atoms with E-state index in [9.17, 15) is 40.9 Å². The molecule has 0 aliphatic heterocycles. The van der Waals surface area contributed by atoms with Crippen molar-refractivity contribution in [2.24, 2.45) is 0 Å². The molecular weight excluding hydrogens is 412 g/mol. The Balaban J connectivity index is 2.45. The van der Waals surface area contributed by atoms with Gasteiger partial charge < -0.3 is 4.74 Å². The molecule has 0 saturated carbocycles. The summed E-state index contributed by atoms with van der Waals surface area (Å²) in [6.07, 6.45) is -0.318. The van der Waals surface area contributed by atoms with E-state index in [0.717, 1.165) is 6.07 Å². The molecular formula is C18H12N6O7. The first-order valence-electron chi connectivity index (χ1n) is 8.72. The van der Waals surface area contributed by atoms with Gasteiger partial charge in [0.1, 0.15) is 22.0 Å². The van der Waals surface area contributed by atoms with Crippen molar-refractivity contribution >= 4 is 5.69 Å². The predicted octanol–water partition coefficient (Wildman–Crippen LogP) is 2.45. The number of aromatic nitrogens is 1. The van der Waals surface area contributed by atoms with Gasteiger partial charge in [-0.3, -0.25) is 30.3 Å². The van der Waals surface area contributed by atoms with Crippen molar-refractivity contribution in [3.8, 4) is 29.1 Å². The summed E-state index contributed by atoms with van der Waals surface area (Å²) in [6.45, 7) is 0. The molecule has 1 aliphatic carbocycles. The molecule has 0 unspecified atom stereocenters. The third-order valence-electron chi connectivity index (χ3n) is 5.11. The normalized spacial score (nSPS) is 13.9. The average Bonchev–Trinajstić information content (AvgIpc) is 2.76. The van der Waals surface area contributed by atoms with Crippen molar-refractivity contribution in [2.75, 3.05) is 7.11 Å². The molecule has 0 spiro atoms. The minimum absolute atomic E-state index is 0.0190. The van der Waals surface area contributed by atoms with Gasteiger partial charge in [-0.2, -0.15) is 10.5 Å². The van der Waals surface area contributed by atoms with Gasteiger partial charge in [0.2, 0.25) is 0 Å². The topological polar surface area (TPSA) is 199 Å². The van der Waals surface area contributed by atoms with Crippen LogP contribution in [0.2, 0.25) is 0 Å². The van der Waals surface area contributed by atoms with Crippen molar-refractivity contribution in [3.63, 3.8) is 0 Å². The summed E-state index contributed by atoms with van der Waals surface area (Å²) in [4.78, 5) is 36.2. The lowest BCUT2D eigenvalue weighted by atomic mass is 9.82. The first-order valence-corrected chi connectivity index (χ1v) is 8.72. The van der Waals surface area contributed by atoms with Crippen LogP contribution in [0, 0.1) is 53.0 Å². The van der Waals surface area contributed by atoms with Crippen LogP contribution < -0.4 is 4.74 Å². The fraction of sp³-hybridized carbons (Fsp3) is 0.278. The van der Waals surface area contributed by atoms with Crippen LogP contribution >= 0.6 is 0 Å². The Labute approximate surface area is 173 Å². The number of rotatable bonds is 5. The quantitative estimate of drug-likeness (QED) is 0.390. The maximum absolute atomic E-state index is 11.8. The molecule has 2 aromatic rings. The lowest BCUT2D eigenvalue weighted by molar-refractivity contribution is -0.813. The minimum Gasteiger partial charge on any atom is -0.490 e. The molecule has 31 heavy (non-hydrogen) atoms. The van der Waals surface area contributed by atoms with Gasteiger partial charge in [-0.05, 0) is 25.0 Å². The molecule has 0 amide bonds. The van der Waals surface area contributed by atoms with Crippen LogP contribution in [0.15, 0.2) is 18.2 Å². The third kappa shape index (κ3) is 3.05. The molecule has 0 radical (unpaired) electrons. The van der Waals surface area contributed by atoms with E-state index < -0.39 is 38.2 Å². The molecule has 1 heterocycles. The lowest BCUT2D eigenvalue weighted by Crippen LogP contribution is -2.47. The number of nitriles is 2. The molecule has 3 rings (SSSR count). The minimum atomic E-state index is -2.79. The maximum atomic E-state index is 11.8. The van der Waals surface area contributed by atoms with Crippen LogP contribution in [0.4, 0.5) is 5.69 Å². The zero-order valence-corrected chi connectivity index (χ0v) is 15.9. The largest absolute Gasteiger partial charge is 0.500 e. The smallest absolute Gasteiger partial charge is 0.490 e. The Morgan fingerprint density at radius 2 is 1.74 bits per heavy atom. The van der Waals surface area contributed by atoms with E-state index in [0.29, 0.717) is 0 Å². The summed E-state index contributed by atoms with van der Waals surface area (Å²) in [5.41, 5.74) is -4.70.